The monoisotopic (exact) mass is 314 g/mol. The molecule has 1 aromatic rings. The van der Waals surface area contributed by atoms with Crippen LogP contribution in [-0.4, -0.2) is 31.8 Å². The molecular weight excluding hydrogens is 292 g/mol. The molecule has 0 unspecified atom stereocenters. The van der Waals surface area contributed by atoms with E-state index in [1.54, 1.807) is 11.8 Å². The second-order valence-electron chi connectivity index (χ2n) is 5.47. The highest BCUT2D eigenvalue weighted by molar-refractivity contribution is 7.98. The summed E-state index contributed by atoms with van der Waals surface area (Å²) in [4.78, 5) is 13.3. The van der Waals surface area contributed by atoms with Crippen molar-refractivity contribution in [3.05, 3.63) is 29.8 Å². The van der Waals surface area contributed by atoms with Crippen LogP contribution in [0.15, 0.2) is 29.2 Å². The molecule has 0 aromatic heterocycles. The molecule has 2 N–H and O–H groups in total. The minimum absolute atomic E-state index is 0. The van der Waals surface area contributed by atoms with Gasteiger partial charge in [0.2, 0.25) is 0 Å². The van der Waals surface area contributed by atoms with Gasteiger partial charge in [-0.2, -0.15) is 0 Å². The lowest BCUT2D eigenvalue weighted by molar-refractivity contribution is 0.0922. The van der Waals surface area contributed by atoms with Gasteiger partial charge in [-0.15, -0.1) is 24.2 Å². The summed E-state index contributed by atoms with van der Waals surface area (Å²) in [5.74, 6) is 0.0346. The number of benzene rings is 1. The standard InChI is InChI=1S/C15H22N2OS.ClH/c1-15(7-9-16-10-8-15)11-17-14(18)12-3-5-13(19-2)6-4-12;/h3-6,16H,7-11H2,1-2H3,(H,17,18);1H. The number of hydrogen-bond acceptors (Lipinski definition) is 3. The molecule has 2 rings (SSSR count). The third kappa shape index (κ3) is 4.69. The minimum Gasteiger partial charge on any atom is -0.351 e. The van der Waals surface area contributed by atoms with Crippen LogP contribution in [0.1, 0.15) is 30.1 Å². The maximum atomic E-state index is 12.1. The predicted octanol–water partition coefficient (Wildman–Crippen LogP) is 2.95. The van der Waals surface area contributed by atoms with E-state index in [-0.39, 0.29) is 23.7 Å². The Morgan fingerprint density at radius 3 is 2.45 bits per heavy atom. The fourth-order valence-electron chi connectivity index (χ4n) is 2.35. The Hall–Kier alpha value is -0.710. The van der Waals surface area contributed by atoms with Crippen molar-refractivity contribution < 1.29 is 4.79 Å². The topological polar surface area (TPSA) is 41.1 Å². The smallest absolute Gasteiger partial charge is 0.251 e. The summed E-state index contributed by atoms with van der Waals surface area (Å²) in [6, 6.07) is 7.77. The lowest BCUT2D eigenvalue weighted by Gasteiger charge is -2.34. The lowest BCUT2D eigenvalue weighted by atomic mass is 9.81. The van der Waals surface area contributed by atoms with Crippen LogP contribution >= 0.6 is 24.2 Å². The first-order valence-electron chi connectivity index (χ1n) is 6.76. The molecule has 0 spiro atoms. The molecule has 1 aliphatic heterocycles. The number of carbonyl (C=O) groups is 1. The summed E-state index contributed by atoms with van der Waals surface area (Å²) in [7, 11) is 0. The number of carbonyl (C=O) groups excluding carboxylic acids is 1. The van der Waals surface area contributed by atoms with Gasteiger partial charge in [0.15, 0.2) is 0 Å². The summed E-state index contributed by atoms with van der Waals surface area (Å²) < 4.78 is 0. The first-order chi connectivity index (χ1) is 9.13. The second-order valence-corrected chi connectivity index (χ2v) is 6.35. The van der Waals surface area contributed by atoms with E-state index in [0.717, 1.165) is 38.0 Å². The summed E-state index contributed by atoms with van der Waals surface area (Å²) >= 11 is 1.69. The van der Waals surface area contributed by atoms with Crippen molar-refractivity contribution in [2.45, 2.75) is 24.7 Å². The van der Waals surface area contributed by atoms with Crippen LogP contribution in [0.3, 0.4) is 0 Å². The number of halogens is 1. The van der Waals surface area contributed by atoms with E-state index >= 15 is 0 Å². The third-order valence-corrected chi connectivity index (χ3v) is 4.58. The molecule has 5 heteroatoms. The molecule has 1 amide bonds. The molecule has 0 aliphatic carbocycles. The highest BCUT2D eigenvalue weighted by Crippen LogP contribution is 2.26. The number of thioether (sulfide) groups is 1. The summed E-state index contributed by atoms with van der Waals surface area (Å²) in [5, 5.41) is 6.43. The van der Waals surface area contributed by atoms with Crippen LogP contribution in [0.25, 0.3) is 0 Å². The zero-order valence-electron chi connectivity index (χ0n) is 12.1. The molecule has 1 fully saturated rings. The molecule has 1 saturated heterocycles. The van der Waals surface area contributed by atoms with Gasteiger partial charge in [-0.05, 0) is 61.9 Å². The predicted molar refractivity (Wildman–Crippen MR) is 88.0 cm³/mol. The van der Waals surface area contributed by atoms with E-state index in [1.165, 1.54) is 4.90 Å². The van der Waals surface area contributed by atoms with E-state index in [2.05, 4.69) is 17.6 Å². The average Bonchev–Trinajstić information content (AvgIpc) is 2.46. The molecule has 1 aromatic carbocycles. The third-order valence-electron chi connectivity index (χ3n) is 3.84. The van der Waals surface area contributed by atoms with Crippen molar-refractivity contribution in [1.29, 1.82) is 0 Å². The summed E-state index contributed by atoms with van der Waals surface area (Å²) in [5.41, 5.74) is 0.982. The van der Waals surface area contributed by atoms with E-state index in [9.17, 15) is 4.79 Å². The van der Waals surface area contributed by atoms with Gasteiger partial charge in [-0.1, -0.05) is 6.92 Å². The zero-order chi connectivity index (χ0) is 13.7. The molecule has 1 aliphatic rings. The van der Waals surface area contributed by atoms with Crippen LogP contribution in [0.5, 0.6) is 0 Å². The van der Waals surface area contributed by atoms with Gasteiger partial charge < -0.3 is 10.6 Å². The Balaban J connectivity index is 0.00000200. The van der Waals surface area contributed by atoms with Crippen molar-refractivity contribution in [3.63, 3.8) is 0 Å². The highest BCUT2D eigenvalue weighted by atomic mass is 35.5. The SMILES string of the molecule is CSc1ccc(C(=O)NCC2(C)CCNCC2)cc1.Cl. The van der Waals surface area contributed by atoms with Crippen LogP contribution in [0.4, 0.5) is 0 Å². The van der Waals surface area contributed by atoms with Crippen LogP contribution in [0.2, 0.25) is 0 Å². The Labute approximate surface area is 131 Å². The zero-order valence-corrected chi connectivity index (χ0v) is 13.7. The Morgan fingerprint density at radius 2 is 1.90 bits per heavy atom. The molecule has 3 nitrogen and oxygen atoms in total. The molecule has 20 heavy (non-hydrogen) atoms. The molecule has 112 valence electrons. The fraction of sp³-hybridized carbons (Fsp3) is 0.533. The quantitative estimate of drug-likeness (QED) is 0.840. The largest absolute Gasteiger partial charge is 0.351 e. The van der Waals surface area contributed by atoms with Crippen LogP contribution < -0.4 is 10.6 Å². The molecular formula is C15H23ClN2OS. The molecule has 0 bridgehead atoms. The van der Waals surface area contributed by atoms with Crippen molar-refractivity contribution in [2.24, 2.45) is 5.41 Å². The van der Waals surface area contributed by atoms with Crippen molar-refractivity contribution in [2.75, 3.05) is 25.9 Å². The molecule has 0 atom stereocenters. The number of hydrogen-bond donors (Lipinski definition) is 2. The number of piperidine rings is 1. The number of nitrogens with one attached hydrogen (secondary N) is 2. The maximum Gasteiger partial charge on any atom is 0.251 e. The average molecular weight is 315 g/mol. The van der Waals surface area contributed by atoms with Gasteiger partial charge in [-0.3, -0.25) is 4.79 Å². The van der Waals surface area contributed by atoms with Gasteiger partial charge in [0.25, 0.3) is 5.91 Å². The fourth-order valence-corrected chi connectivity index (χ4v) is 2.75. The van der Waals surface area contributed by atoms with Gasteiger partial charge >= 0.3 is 0 Å². The number of amides is 1. The van der Waals surface area contributed by atoms with E-state index in [4.69, 9.17) is 0 Å². The Bertz CT molecular complexity index is 430. The van der Waals surface area contributed by atoms with Gasteiger partial charge in [0.1, 0.15) is 0 Å². The normalized spacial score (nSPS) is 17.1. The minimum atomic E-state index is 0. The van der Waals surface area contributed by atoms with Gasteiger partial charge in [0.05, 0.1) is 0 Å². The van der Waals surface area contributed by atoms with Crippen LogP contribution in [0, 0.1) is 5.41 Å². The van der Waals surface area contributed by atoms with Gasteiger partial charge in [-0.25, -0.2) is 0 Å². The first-order valence-corrected chi connectivity index (χ1v) is 7.98. The second kappa shape index (κ2) is 7.91. The van der Waals surface area contributed by atoms with Crippen molar-refractivity contribution in [3.8, 4) is 0 Å². The van der Waals surface area contributed by atoms with E-state index in [0.29, 0.717) is 0 Å². The van der Waals surface area contributed by atoms with Crippen molar-refractivity contribution >= 4 is 30.1 Å². The summed E-state index contributed by atoms with van der Waals surface area (Å²) in [6.45, 7) is 5.12. The molecule has 1 heterocycles. The Kier molecular flexibility index (Phi) is 6.86. The number of rotatable bonds is 4. The van der Waals surface area contributed by atoms with Crippen LogP contribution in [-0.2, 0) is 0 Å². The Morgan fingerprint density at radius 1 is 1.30 bits per heavy atom. The van der Waals surface area contributed by atoms with Gasteiger partial charge in [0, 0.05) is 17.0 Å². The first kappa shape index (κ1) is 17.3. The maximum absolute atomic E-state index is 12.1. The van der Waals surface area contributed by atoms with Crippen molar-refractivity contribution in [1.82, 2.24) is 10.6 Å². The lowest BCUT2D eigenvalue weighted by Crippen LogP contribution is -2.42. The van der Waals surface area contributed by atoms with E-state index in [1.807, 2.05) is 30.5 Å². The van der Waals surface area contributed by atoms with E-state index < -0.39 is 0 Å². The molecule has 0 saturated carbocycles. The molecule has 0 radical (unpaired) electrons. The highest BCUT2D eigenvalue weighted by Gasteiger charge is 2.27. The summed E-state index contributed by atoms with van der Waals surface area (Å²) in [6.07, 6.45) is 4.28.